The van der Waals surface area contributed by atoms with E-state index in [-0.39, 0.29) is 12.1 Å². The maximum absolute atomic E-state index is 12.5. The molecule has 2 aliphatic heterocycles. The Kier molecular flexibility index (Phi) is 4.66. The number of carbonyl (C=O) groups excluding carboxylic acids is 1. The smallest absolute Gasteiger partial charge is 0.410 e. The van der Waals surface area contributed by atoms with Gasteiger partial charge >= 0.3 is 6.09 Å². The van der Waals surface area contributed by atoms with Crippen LogP contribution in [0.4, 0.5) is 10.5 Å². The average Bonchev–Trinajstić information content (AvgIpc) is 2.63. The minimum absolute atomic E-state index is 0.213. The Labute approximate surface area is 165 Å². The molecule has 1 aromatic carbocycles. The molecular formula is C21H26ClN3O2. The predicted octanol–water partition coefficient (Wildman–Crippen LogP) is 4.65. The number of nitrogens with zero attached hydrogens (tertiary/aromatic N) is 3. The summed E-state index contributed by atoms with van der Waals surface area (Å²) < 4.78 is 5.59. The third kappa shape index (κ3) is 3.57. The summed E-state index contributed by atoms with van der Waals surface area (Å²) in [6, 6.07) is 6.61. The first kappa shape index (κ1) is 18.4. The number of aromatic nitrogens is 1. The van der Waals surface area contributed by atoms with E-state index in [4.69, 9.17) is 16.3 Å². The van der Waals surface area contributed by atoms with Crippen LogP contribution in [0.25, 0.3) is 10.8 Å². The highest BCUT2D eigenvalue weighted by atomic mass is 35.5. The second-order valence-electron chi connectivity index (χ2n) is 8.43. The van der Waals surface area contributed by atoms with Crippen LogP contribution < -0.4 is 4.90 Å². The highest BCUT2D eigenvalue weighted by Crippen LogP contribution is 2.38. The number of rotatable bonds is 1. The number of benzene rings is 1. The highest BCUT2D eigenvalue weighted by Gasteiger charge is 2.33. The zero-order valence-electron chi connectivity index (χ0n) is 16.2. The van der Waals surface area contributed by atoms with Crippen molar-refractivity contribution in [1.82, 2.24) is 9.88 Å². The first-order chi connectivity index (χ1) is 12.8. The van der Waals surface area contributed by atoms with Gasteiger partial charge in [-0.2, -0.15) is 0 Å². The maximum atomic E-state index is 12.5. The van der Waals surface area contributed by atoms with E-state index < -0.39 is 5.60 Å². The van der Waals surface area contributed by atoms with Crippen molar-refractivity contribution in [2.24, 2.45) is 0 Å². The van der Waals surface area contributed by atoms with Crippen molar-refractivity contribution in [1.29, 1.82) is 0 Å². The summed E-state index contributed by atoms with van der Waals surface area (Å²) in [6.07, 6.45) is 4.57. The van der Waals surface area contributed by atoms with Crippen LogP contribution in [0.3, 0.4) is 0 Å². The molecule has 4 rings (SSSR count). The number of hydrogen-bond acceptors (Lipinski definition) is 4. The average molecular weight is 388 g/mol. The quantitative estimate of drug-likeness (QED) is 0.668. The molecule has 2 aromatic rings. The molecule has 27 heavy (non-hydrogen) atoms. The van der Waals surface area contributed by atoms with Crippen LogP contribution in [0.5, 0.6) is 0 Å². The maximum Gasteiger partial charge on any atom is 0.410 e. The minimum Gasteiger partial charge on any atom is -0.444 e. The van der Waals surface area contributed by atoms with Crippen molar-refractivity contribution < 1.29 is 9.53 Å². The van der Waals surface area contributed by atoms with Gasteiger partial charge in [-0.25, -0.2) is 9.78 Å². The van der Waals surface area contributed by atoms with Crippen molar-refractivity contribution in [2.45, 2.75) is 51.7 Å². The molecule has 1 aromatic heterocycles. The van der Waals surface area contributed by atoms with Gasteiger partial charge in [0.05, 0.1) is 0 Å². The molecule has 0 bridgehead atoms. The summed E-state index contributed by atoms with van der Waals surface area (Å²) in [5.41, 5.74) is 1.87. The van der Waals surface area contributed by atoms with Gasteiger partial charge in [0.2, 0.25) is 0 Å². The van der Waals surface area contributed by atoms with E-state index in [2.05, 4.69) is 28.1 Å². The van der Waals surface area contributed by atoms with Crippen LogP contribution in [0, 0.1) is 0 Å². The van der Waals surface area contributed by atoms with Gasteiger partial charge in [-0.05, 0) is 46.1 Å². The number of ether oxygens (including phenoxy) is 1. The number of likely N-dealkylation sites (tertiary alicyclic amines) is 1. The SMILES string of the molecule is CC(C)(C)OC(=O)N1CCCC(N2CCc3c(Cl)ncc4cccc2c34)C1. The van der Waals surface area contributed by atoms with Crippen LogP contribution >= 0.6 is 11.6 Å². The standard InChI is InChI=1S/C21H26ClN3O2/c1-21(2,3)27-20(26)24-10-5-7-15(13-24)25-11-9-16-18-14(12-23-19(16)22)6-4-8-17(18)25/h4,6,8,12,15H,5,7,9-11,13H2,1-3H3. The number of amides is 1. The van der Waals surface area contributed by atoms with Gasteiger partial charge in [0, 0.05) is 53.9 Å². The van der Waals surface area contributed by atoms with Gasteiger partial charge in [-0.3, -0.25) is 0 Å². The van der Waals surface area contributed by atoms with Crippen molar-refractivity contribution in [3.8, 4) is 0 Å². The van der Waals surface area contributed by atoms with E-state index in [1.165, 1.54) is 11.1 Å². The lowest BCUT2D eigenvalue weighted by Crippen LogP contribution is -2.52. The van der Waals surface area contributed by atoms with Gasteiger partial charge in [0.25, 0.3) is 0 Å². The number of carbonyl (C=O) groups is 1. The van der Waals surface area contributed by atoms with E-state index in [0.29, 0.717) is 11.7 Å². The summed E-state index contributed by atoms with van der Waals surface area (Å²) >= 11 is 6.37. The first-order valence-electron chi connectivity index (χ1n) is 9.64. The summed E-state index contributed by atoms with van der Waals surface area (Å²) in [5.74, 6) is 0. The van der Waals surface area contributed by atoms with Crippen molar-refractivity contribution >= 4 is 34.2 Å². The number of piperidine rings is 1. The Bertz CT molecular complexity index is 878. The molecule has 1 amide bonds. The van der Waals surface area contributed by atoms with Gasteiger partial charge < -0.3 is 14.5 Å². The van der Waals surface area contributed by atoms with Crippen LogP contribution in [0.1, 0.15) is 39.2 Å². The second-order valence-corrected chi connectivity index (χ2v) is 8.79. The molecule has 144 valence electrons. The van der Waals surface area contributed by atoms with Crippen LogP contribution in [-0.4, -0.2) is 47.3 Å². The summed E-state index contributed by atoms with van der Waals surface area (Å²) in [7, 11) is 0. The molecule has 0 aliphatic carbocycles. The molecule has 1 saturated heterocycles. The second kappa shape index (κ2) is 6.86. The number of hydrogen-bond donors (Lipinski definition) is 0. The van der Waals surface area contributed by atoms with E-state index in [0.717, 1.165) is 43.3 Å². The Morgan fingerprint density at radius 3 is 2.89 bits per heavy atom. The summed E-state index contributed by atoms with van der Waals surface area (Å²) in [5, 5.41) is 2.93. The third-order valence-electron chi connectivity index (χ3n) is 5.34. The molecule has 2 aliphatic rings. The molecule has 1 fully saturated rings. The molecule has 0 spiro atoms. The lowest BCUT2D eigenvalue weighted by Gasteiger charge is -2.43. The van der Waals surface area contributed by atoms with Crippen LogP contribution in [-0.2, 0) is 11.2 Å². The molecular weight excluding hydrogens is 362 g/mol. The molecule has 1 atom stereocenters. The number of anilines is 1. The first-order valence-corrected chi connectivity index (χ1v) is 10.0. The highest BCUT2D eigenvalue weighted by molar-refractivity contribution is 6.31. The van der Waals surface area contributed by atoms with E-state index >= 15 is 0 Å². The zero-order valence-corrected chi connectivity index (χ0v) is 16.9. The third-order valence-corrected chi connectivity index (χ3v) is 5.67. The lowest BCUT2D eigenvalue weighted by molar-refractivity contribution is 0.0198. The molecule has 5 nitrogen and oxygen atoms in total. The predicted molar refractivity (Wildman–Crippen MR) is 109 cm³/mol. The molecule has 0 saturated carbocycles. The van der Waals surface area contributed by atoms with Gasteiger partial charge in [0.15, 0.2) is 0 Å². The lowest BCUT2D eigenvalue weighted by atomic mass is 9.95. The van der Waals surface area contributed by atoms with Crippen molar-refractivity contribution in [2.75, 3.05) is 24.5 Å². The fourth-order valence-corrected chi connectivity index (χ4v) is 4.44. The summed E-state index contributed by atoms with van der Waals surface area (Å²) in [4.78, 5) is 21.2. The topological polar surface area (TPSA) is 45.7 Å². The van der Waals surface area contributed by atoms with E-state index in [9.17, 15) is 4.79 Å². The Morgan fingerprint density at radius 1 is 1.30 bits per heavy atom. The number of halogens is 1. The van der Waals surface area contributed by atoms with Gasteiger partial charge in [-0.15, -0.1) is 0 Å². The normalized spacial score (nSPS) is 20.1. The zero-order chi connectivity index (χ0) is 19.2. The molecule has 3 heterocycles. The molecule has 1 unspecified atom stereocenters. The number of pyridine rings is 1. The van der Waals surface area contributed by atoms with Crippen molar-refractivity contribution in [3.63, 3.8) is 0 Å². The Balaban J connectivity index is 1.61. The fourth-order valence-electron chi connectivity index (χ4n) is 4.20. The van der Waals surface area contributed by atoms with Gasteiger partial charge in [0.1, 0.15) is 10.8 Å². The van der Waals surface area contributed by atoms with Gasteiger partial charge in [-0.1, -0.05) is 23.7 Å². The molecule has 0 radical (unpaired) electrons. The Morgan fingerprint density at radius 2 is 2.11 bits per heavy atom. The largest absolute Gasteiger partial charge is 0.444 e. The Hall–Kier alpha value is -2.01. The van der Waals surface area contributed by atoms with E-state index in [1.807, 2.05) is 31.9 Å². The fraction of sp³-hybridized carbons (Fsp3) is 0.524. The minimum atomic E-state index is -0.469. The van der Waals surface area contributed by atoms with Crippen molar-refractivity contribution in [3.05, 3.63) is 35.1 Å². The summed E-state index contributed by atoms with van der Waals surface area (Å²) in [6.45, 7) is 8.07. The van der Waals surface area contributed by atoms with E-state index in [1.54, 1.807) is 0 Å². The molecule has 0 N–H and O–H groups in total. The monoisotopic (exact) mass is 387 g/mol. The van der Waals surface area contributed by atoms with Crippen LogP contribution in [0.15, 0.2) is 24.4 Å². The molecule has 6 heteroatoms. The van der Waals surface area contributed by atoms with Crippen LogP contribution in [0.2, 0.25) is 5.15 Å².